The Morgan fingerprint density at radius 3 is 2.85 bits per heavy atom. The third-order valence-corrected chi connectivity index (χ3v) is 6.44. The van der Waals surface area contributed by atoms with Crippen molar-refractivity contribution < 1.29 is 13.2 Å². The Balaban J connectivity index is 1.71. The predicted octanol–water partition coefficient (Wildman–Crippen LogP) is 1.82. The van der Waals surface area contributed by atoms with Crippen LogP contribution < -0.4 is 0 Å². The lowest BCUT2D eigenvalue weighted by Crippen LogP contribution is -2.46. The number of fused-ring (bicyclic) bond motifs is 1. The summed E-state index contributed by atoms with van der Waals surface area (Å²) in [6.45, 7) is 2.17. The number of carbonyl (C=O) groups is 1. The summed E-state index contributed by atoms with van der Waals surface area (Å²) in [5.74, 6) is -0.291. The minimum Gasteiger partial charge on any atom is -0.351 e. The van der Waals surface area contributed by atoms with Gasteiger partial charge in [0.1, 0.15) is 5.69 Å². The van der Waals surface area contributed by atoms with Gasteiger partial charge in [-0.15, -0.1) is 0 Å². The zero-order valence-electron chi connectivity index (χ0n) is 14.6. The lowest BCUT2D eigenvalue weighted by Gasteiger charge is -2.34. The number of hydrogen-bond donors (Lipinski definition) is 1. The summed E-state index contributed by atoms with van der Waals surface area (Å²) >= 11 is 0. The molecule has 0 saturated carbocycles. The van der Waals surface area contributed by atoms with Gasteiger partial charge in [0.05, 0.1) is 23.7 Å². The number of nitrogens with zero attached hydrogens (tertiary/aromatic N) is 3. The molecule has 7 nitrogen and oxygen atoms in total. The quantitative estimate of drug-likeness (QED) is 0.743. The number of aromatic amines is 1. The molecule has 0 aliphatic carbocycles. The maximum atomic E-state index is 13.1. The van der Waals surface area contributed by atoms with Gasteiger partial charge in [0.2, 0.25) is 0 Å². The first-order valence-electron chi connectivity index (χ1n) is 8.42. The van der Waals surface area contributed by atoms with E-state index in [2.05, 4.69) is 10.1 Å². The SMILES string of the molecule is Cc1ccc2cc(C(=O)N3CCS(=O)(=O)CC3c3cnn(C)c3)[nH]c2c1. The summed E-state index contributed by atoms with van der Waals surface area (Å²) in [4.78, 5) is 17.9. The first kappa shape index (κ1) is 16.8. The largest absolute Gasteiger partial charge is 0.351 e. The molecular weight excluding hydrogens is 352 g/mol. The van der Waals surface area contributed by atoms with E-state index < -0.39 is 15.9 Å². The van der Waals surface area contributed by atoms with E-state index in [0.29, 0.717) is 5.69 Å². The van der Waals surface area contributed by atoms with Crippen molar-refractivity contribution >= 4 is 26.6 Å². The molecule has 1 aromatic carbocycles. The fourth-order valence-electron chi connectivity index (χ4n) is 3.45. The van der Waals surface area contributed by atoms with Gasteiger partial charge in [-0.3, -0.25) is 9.48 Å². The molecular formula is C18H20N4O3S. The first-order valence-corrected chi connectivity index (χ1v) is 10.2. The van der Waals surface area contributed by atoms with E-state index in [1.54, 1.807) is 29.0 Å². The van der Waals surface area contributed by atoms with E-state index in [1.807, 2.05) is 31.2 Å². The number of aryl methyl sites for hydroxylation is 2. The van der Waals surface area contributed by atoms with Gasteiger partial charge in [0, 0.05) is 36.3 Å². The molecule has 1 fully saturated rings. The van der Waals surface area contributed by atoms with Crippen LogP contribution in [0.25, 0.3) is 10.9 Å². The second kappa shape index (κ2) is 5.98. The van der Waals surface area contributed by atoms with Gasteiger partial charge in [-0.05, 0) is 24.6 Å². The Morgan fingerprint density at radius 1 is 1.31 bits per heavy atom. The van der Waals surface area contributed by atoms with Crippen LogP contribution in [0.5, 0.6) is 0 Å². The molecule has 0 bridgehead atoms. The van der Waals surface area contributed by atoms with Crippen molar-refractivity contribution in [3.8, 4) is 0 Å². The highest BCUT2D eigenvalue weighted by Gasteiger charge is 2.36. The maximum Gasteiger partial charge on any atom is 0.270 e. The van der Waals surface area contributed by atoms with Crippen LogP contribution in [0.4, 0.5) is 0 Å². The number of amides is 1. The summed E-state index contributed by atoms with van der Waals surface area (Å²) in [5.41, 5.74) is 3.21. The van der Waals surface area contributed by atoms with Gasteiger partial charge in [0.15, 0.2) is 9.84 Å². The normalized spacial score (nSPS) is 19.8. The molecule has 2 aromatic heterocycles. The van der Waals surface area contributed by atoms with Crippen LogP contribution in [-0.2, 0) is 16.9 Å². The second-order valence-corrected chi connectivity index (χ2v) is 9.08. The number of sulfone groups is 1. The van der Waals surface area contributed by atoms with Crippen LogP contribution in [0.2, 0.25) is 0 Å². The lowest BCUT2D eigenvalue weighted by atomic mass is 10.1. The summed E-state index contributed by atoms with van der Waals surface area (Å²) < 4.78 is 25.9. The minimum atomic E-state index is -3.19. The van der Waals surface area contributed by atoms with E-state index in [-0.39, 0.29) is 24.0 Å². The Kier molecular flexibility index (Phi) is 3.87. The van der Waals surface area contributed by atoms with Crippen molar-refractivity contribution in [3.63, 3.8) is 0 Å². The predicted molar refractivity (Wildman–Crippen MR) is 98.7 cm³/mol. The highest BCUT2D eigenvalue weighted by atomic mass is 32.2. The number of benzene rings is 1. The Morgan fingerprint density at radius 2 is 2.12 bits per heavy atom. The standard InChI is InChI=1S/C18H20N4O3S/c1-12-3-4-13-8-16(20-15(13)7-12)18(23)22-5-6-26(24,25)11-17(22)14-9-19-21(2)10-14/h3-4,7-10,17,20H,5-6,11H2,1-2H3. The Labute approximate surface area is 151 Å². The zero-order chi connectivity index (χ0) is 18.5. The molecule has 1 saturated heterocycles. The van der Waals surface area contributed by atoms with Crippen LogP contribution >= 0.6 is 0 Å². The smallest absolute Gasteiger partial charge is 0.270 e. The van der Waals surface area contributed by atoms with Crippen molar-refractivity contribution in [3.05, 3.63) is 53.5 Å². The summed E-state index contributed by atoms with van der Waals surface area (Å²) in [6, 6.07) is 7.25. The number of nitrogens with one attached hydrogen (secondary N) is 1. The Hall–Kier alpha value is -2.61. The molecule has 1 amide bonds. The van der Waals surface area contributed by atoms with Gasteiger partial charge in [-0.2, -0.15) is 5.10 Å². The van der Waals surface area contributed by atoms with E-state index in [4.69, 9.17) is 0 Å². The fourth-order valence-corrected chi connectivity index (χ4v) is 4.94. The Bertz CT molecular complexity index is 1100. The van der Waals surface area contributed by atoms with Gasteiger partial charge < -0.3 is 9.88 Å². The summed E-state index contributed by atoms with van der Waals surface area (Å²) in [5, 5.41) is 5.09. The molecule has 8 heteroatoms. The van der Waals surface area contributed by atoms with Crippen LogP contribution in [0, 0.1) is 6.92 Å². The van der Waals surface area contributed by atoms with Crippen molar-refractivity contribution in [2.45, 2.75) is 13.0 Å². The molecule has 1 N–H and O–H groups in total. The average Bonchev–Trinajstić information content (AvgIpc) is 3.19. The van der Waals surface area contributed by atoms with E-state index in [0.717, 1.165) is 22.0 Å². The molecule has 136 valence electrons. The fraction of sp³-hybridized carbons (Fsp3) is 0.333. The average molecular weight is 372 g/mol. The number of carbonyl (C=O) groups excluding carboxylic acids is 1. The van der Waals surface area contributed by atoms with Gasteiger partial charge in [0.25, 0.3) is 5.91 Å². The molecule has 3 aromatic rings. The third kappa shape index (κ3) is 3.01. The topological polar surface area (TPSA) is 88.1 Å². The minimum absolute atomic E-state index is 0.0190. The number of rotatable bonds is 2. The van der Waals surface area contributed by atoms with Crippen molar-refractivity contribution in [1.29, 1.82) is 0 Å². The summed E-state index contributed by atoms with van der Waals surface area (Å²) in [7, 11) is -1.42. The van der Waals surface area contributed by atoms with E-state index >= 15 is 0 Å². The number of H-pyrrole nitrogens is 1. The van der Waals surface area contributed by atoms with Crippen LogP contribution in [0.1, 0.15) is 27.7 Å². The second-order valence-electron chi connectivity index (χ2n) is 6.85. The monoisotopic (exact) mass is 372 g/mol. The molecule has 1 aliphatic heterocycles. The van der Waals surface area contributed by atoms with Crippen molar-refractivity contribution in [2.75, 3.05) is 18.1 Å². The lowest BCUT2D eigenvalue weighted by molar-refractivity contribution is 0.0692. The molecule has 3 heterocycles. The zero-order valence-corrected chi connectivity index (χ0v) is 15.5. The summed E-state index contributed by atoms with van der Waals surface area (Å²) in [6.07, 6.45) is 3.39. The maximum absolute atomic E-state index is 13.1. The van der Waals surface area contributed by atoms with Crippen LogP contribution in [-0.4, -0.2) is 52.0 Å². The third-order valence-electron chi connectivity index (χ3n) is 4.81. The van der Waals surface area contributed by atoms with Gasteiger partial charge in [-0.1, -0.05) is 12.1 Å². The molecule has 1 unspecified atom stereocenters. The first-order chi connectivity index (χ1) is 12.3. The number of hydrogen-bond acceptors (Lipinski definition) is 4. The van der Waals surface area contributed by atoms with Crippen LogP contribution in [0.15, 0.2) is 36.7 Å². The van der Waals surface area contributed by atoms with Gasteiger partial charge >= 0.3 is 0 Å². The van der Waals surface area contributed by atoms with E-state index in [1.165, 1.54) is 0 Å². The van der Waals surface area contributed by atoms with E-state index in [9.17, 15) is 13.2 Å². The van der Waals surface area contributed by atoms with Gasteiger partial charge in [-0.25, -0.2) is 8.42 Å². The number of aromatic nitrogens is 3. The van der Waals surface area contributed by atoms with Crippen LogP contribution in [0.3, 0.4) is 0 Å². The molecule has 0 radical (unpaired) electrons. The highest BCUT2D eigenvalue weighted by molar-refractivity contribution is 7.91. The molecule has 4 rings (SSSR count). The van der Waals surface area contributed by atoms with Crippen molar-refractivity contribution in [1.82, 2.24) is 19.7 Å². The molecule has 1 atom stereocenters. The molecule has 26 heavy (non-hydrogen) atoms. The highest BCUT2D eigenvalue weighted by Crippen LogP contribution is 2.29. The molecule has 0 spiro atoms. The van der Waals surface area contributed by atoms with Crippen molar-refractivity contribution in [2.24, 2.45) is 7.05 Å². The molecule has 1 aliphatic rings.